The molecule has 0 fully saturated rings. The number of oxazole rings is 1. The minimum atomic E-state index is -0.111. The maximum atomic E-state index is 12.6. The van der Waals surface area contributed by atoms with E-state index in [2.05, 4.69) is 36.3 Å². The monoisotopic (exact) mass is 398 g/mol. The lowest BCUT2D eigenvalue weighted by Gasteiger charge is -2.08. The van der Waals surface area contributed by atoms with Crippen LogP contribution in [0, 0.1) is 13.8 Å². The molecule has 0 saturated heterocycles. The quantitative estimate of drug-likeness (QED) is 0.399. The van der Waals surface area contributed by atoms with E-state index >= 15 is 0 Å². The highest BCUT2D eigenvalue weighted by Crippen LogP contribution is 2.28. The first-order chi connectivity index (χ1) is 14.4. The second-order valence-corrected chi connectivity index (χ2v) is 7.91. The molecule has 0 aliphatic carbocycles. The molecule has 1 atom stereocenters. The molecule has 0 saturated carbocycles. The summed E-state index contributed by atoms with van der Waals surface area (Å²) >= 11 is 0. The van der Waals surface area contributed by atoms with Gasteiger partial charge < -0.3 is 9.73 Å². The van der Waals surface area contributed by atoms with Gasteiger partial charge in [0.1, 0.15) is 5.52 Å². The van der Waals surface area contributed by atoms with Gasteiger partial charge in [-0.15, -0.1) is 0 Å². The van der Waals surface area contributed by atoms with Crippen LogP contribution in [0.4, 0.5) is 5.69 Å². The van der Waals surface area contributed by atoms with Crippen LogP contribution in [0.2, 0.25) is 0 Å². The molecule has 0 spiro atoms. The number of benzene rings is 3. The van der Waals surface area contributed by atoms with E-state index in [-0.39, 0.29) is 5.91 Å². The minimum absolute atomic E-state index is 0.111. The van der Waals surface area contributed by atoms with Crippen molar-refractivity contribution in [3.8, 4) is 11.5 Å². The molecule has 1 amide bonds. The van der Waals surface area contributed by atoms with Crippen LogP contribution in [-0.4, -0.2) is 10.9 Å². The Hall–Kier alpha value is -3.40. The van der Waals surface area contributed by atoms with E-state index in [4.69, 9.17) is 4.42 Å². The zero-order valence-corrected chi connectivity index (χ0v) is 17.8. The van der Waals surface area contributed by atoms with Crippen molar-refractivity contribution in [2.24, 2.45) is 0 Å². The summed E-state index contributed by atoms with van der Waals surface area (Å²) in [4.78, 5) is 17.3. The average Bonchev–Trinajstić information content (AvgIpc) is 3.17. The van der Waals surface area contributed by atoms with Gasteiger partial charge in [-0.3, -0.25) is 4.79 Å². The summed E-state index contributed by atoms with van der Waals surface area (Å²) in [7, 11) is 0. The number of aryl methyl sites for hydroxylation is 2. The number of carbonyl (C=O) groups excluding carboxylic acids is 1. The third-order valence-electron chi connectivity index (χ3n) is 5.61. The van der Waals surface area contributed by atoms with Crippen molar-refractivity contribution in [1.29, 1.82) is 0 Å². The molecule has 0 unspecified atom stereocenters. The normalized spacial score (nSPS) is 12.1. The second-order valence-electron chi connectivity index (χ2n) is 7.91. The van der Waals surface area contributed by atoms with Gasteiger partial charge in [-0.05, 0) is 79.8 Å². The summed E-state index contributed by atoms with van der Waals surface area (Å²) in [6, 6.07) is 19.6. The van der Waals surface area contributed by atoms with Crippen molar-refractivity contribution >= 4 is 22.7 Å². The van der Waals surface area contributed by atoms with Crippen molar-refractivity contribution in [2.75, 3.05) is 5.32 Å². The van der Waals surface area contributed by atoms with Crippen LogP contribution in [0.1, 0.15) is 53.2 Å². The number of hydrogen-bond donors (Lipinski definition) is 1. The van der Waals surface area contributed by atoms with E-state index in [1.165, 1.54) is 5.56 Å². The maximum absolute atomic E-state index is 12.6. The molecule has 152 valence electrons. The summed E-state index contributed by atoms with van der Waals surface area (Å²) in [6.45, 7) is 8.37. The lowest BCUT2D eigenvalue weighted by Crippen LogP contribution is -2.13. The van der Waals surface area contributed by atoms with Gasteiger partial charge in [-0.1, -0.05) is 37.6 Å². The van der Waals surface area contributed by atoms with Crippen LogP contribution in [0.3, 0.4) is 0 Å². The molecule has 3 aromatic carbocycles. The maximum Gasteiger partial charge on any atom is 0.255 e. The standard InChI is InChI=1S/C26H26N2O2/c1-5-17(3)20-9-13-24-23(15-20)28-26(30-24)19-7-10-21(11-8-19)27-25(29)22-12-6-16(2)14-18(22)4/h6-15,17H,5H2,1-4H3,(H,27,29)/t17-/m0/s1. The molecule has 0 radical (unpaired) electrons. The van der Waals surface area contributed by atoms with E-state index in [0.717, 1.165) is 39.9 Å². The van der Waals surface area contributed by atoms with E-state index in [9.17, 15) is 4.79 Å². The number of nitrogens with zero attached hydrogens (tertiary/aromatic N) is 1. The number of nitrogens with one attached hydrogen (secondary N) is 1. The number of amides is 1. The molecule has 30 heavy (non-hydrogen) atoms. The van der Waals surface area contributed by atoms with Gasteiger partial charge in [0.15, 0.2) is 5.58 Å². The van der Waals surface area contributed by atoms with E-state index in [0.29, 0.717) is 17.4 Å². The molecule has 0 bridgehead atoms. The fourth-order valence-electron chi connectivity index (χ4n) is 3.57. The lowest BCUT2D eigenvalue weighted by atomic mass is 9.98. The largest absolute Gasteiger partial charge is 0.436 e. The summed E-state index contributed by atoms with van der Waals surface area (Å²) in [6.07, 6.45) is 1.09. The van der Waals surface area contributed by atoms with Gasteiger partial charge >= 0.3 is 0 Å². The van der Waals surface area contributed by atoms with Gasteiger partial charge in [0, 0.05) is 16.8 Å². The third kappa shape index (κ3) is 3.99. The van der Waals surface area contributed by atoms with E-state index in [1.54, 1.807) is 0 Å². The molecule has 4 nitrogen and oxygen atoms in total. The number of fused-ring (bicyclic) bond motifs is 1. The molecular formula is C26H26N2O2. The van der Waals surface area contributed by atoms with Crippen LogP contribution in [0.5, 0.6) is 0 Å². The molecule has 4 heteroatoms. The first kappa shape index (κ1) is 19.9. The van der Waals surface area contributed by atoms with Gasteiger partial charge in [0.2, 0.25) is 5.89 Å². The molecule has 0 aliphatic rings. The van der Waals surface area contributed by atoms with Crippen molar-refractivity contribution in [1.82, 2.24) is 4.98 Å². The Labute approximate surface area is 177 Å². The van der Waals surface area contributed by atoms with E-state index in [1.807, 2.05) is 62.4 Å². The fourth-order valence-corrected chi connectivity index (χ4v) is 3.57. The van der Waals surface area contributed by atoms with Gasteiger partial charge in [0.25, 0.3) is 5.91 Å². The summed E-state index contributed by atoms with van der Waals surface area (Å²) in [5, 5.41) is 2.96. The van der Waals surface area contributed by atoms with Crippen LogP contribution in [0.15, 0.2) is 65.1 Å². The van der Waals surface area contributed by atoms with Crippen LogP contribution in [0.25, 0.3) is 22.6 Å². The van der Waals surface area contributed by atoms with Crippen LogP contribution >= 0.6 is 0 Å². The molecule has 1 heterocycles. The molecule has 4 aromatic rings. The predicted molar refractivity (Wildman–Crippen MR) is 122 cm³/mol. The first-order valence-corrected chi connectivity index (χ1v) is 10.3. The smallest absolute Gasteiger partial charge is 0.255 e. The third-order valence-corrected chi connectivity index (χ3v) is 5.61. The van der Waals surface area contributed by atoms with Crippen molar-refractivity contribution < 1.29 is 9.21 Å². The number of carbonyl (C=O) groups is 1. The Morgan fingerprint density at radius 1 is 1.03 bits per heavy atom. The number of anilines is 1. The van der Waals surface area contributed by atoms with Crippen LogP contribution < -0.4 is 5.32 Å². The lowest BCUT2D eigenvalue weighted by molar-refractivity contribution is 0.102. The average molecular weight is 399 g/mol. The summed E-state index contributed by atoms with van der Waals surface area (Å²) in [5.74, 6) is 0.966. The Morgan fingerprint density at radius 3 is 2.50 bits per heavy atom. The number of rotatable bonds is 5. The fraction of sp³-hybridized carbons (Fsp3) is 0.231. The highest BCUT2D eigenvalue weighted by molar-refractivity contribution is 6.05. The van der Waals surface area contributed by atoms with Crippen molar-refractivity contribution in [3.63, 3.8) is 0 Å². The van der Waals surface area contributed by atoms with Gasteiger partial charge in [0.05, 0.1) is 0 Å². The van der Waals surface area contributed by atoms with Gasteiger partial charge in [-0.25, -0.2) is 4.98 Å². The Balaban J connectivity index is 1.53. The van der Waals surface area contributed by atoms with Crippen molar-refractivity contribution in [3.05, 3.63) is 82.9 Å². The minimum Gasteiger partial charge on any atom is -0.436 e. The molecule has 0 aliphatic heterocycles. The predicted octanol–water partition coefficient (Wildman–Crippen LogP) is 6.88. The molecule has 1 N–H and O–H groups in total. The zero-order chi connectivity index (χ0) is 21.3. The SMILES string of the molecule is CC[C@H](C)c1ccc2oc(-c3ccc(NC(=O)c4ccc(C)cc4C)cc3)nc2c1. The molecular weight excluding hydrogens is 372 g/mol. The topological polar surface area (TPSA) is 55.1 Å². The zero-order valence-electron chi connectivity index (χ0n) is 17.8. The Morgan fingerprint density at radius 2 is 1.80 bits per heavy atom. The first-order valence-electron chi connectivity index (χ1n) is 10.3. The molecule has 1 aromatic heterocycles. The summed E-state index contributed by atoms with van der Waals surface area (Å²) < 4.78 is 5.94. The summed E-state index contributed by atoms with van der Waals surface area (Å²) in [5.41, 5.74) is 7.32. The van der Waals surface area contributed by atoms with Crippen molar-refractivity contribution in [2.45, 2.75) is 40.0 Å². The number of hydrogen-bond acceptors (Lipinski definition) is 3. The van der Waals surface area contributed by atoms with Crippen LogP contribution in [-0.2, 0) is 0 Å². The van der Waals surface area contributed by atoms with E-state index < -0.39 is 0 Å². The van der Waals surface area contributed by atoms with Gasteiger partial charge in [-0.2, -0.15) is 0 Å². The number of aromatic nitrogens is 1. The Bertz CT molecular complexity index is 1210. The Kier molecular flexibility index (Phi) is 5.40. The highest BCUT2D eigenvalue weighted by Gasteiger charge is 2.12. The highest BCUT2D eigenvalue weighted by atomic mass is 16.3. The second kappa shape index (κ2) is 8.15. The molecule has 4 rings (SSSR count).